The molecule has 1 aromatic heterocycles. The van der Waals surface area contributed by atoms with Crippen LogP contribution in [-0.2, 0) is 6.54 Å². The van der Waals surface area contributed by atoms with E-state index in [1.807, 2.05) is 19.3 Å². The van der Waals surface area contributed by atoms with Crippen molar-refractivity contribution in [2.45, 2.75) is 32.9 Å². The number of likely N-dealkylation sites (N-methyl/N-ethyl adjacent to an activating group) is 1. The molecular weight excluding hydrogens is 188 g/mol. The van der Waals surface area contributed by atoms with E-state index >= 15 is 0 Å². The molecule has 0 aromatic carbocycles. The van der Waals surface area contributed by atoms with Gasteiger partial charge in [0.25, 0.3) is 5.56 Å². The Morgan fingerprint density at radius 2 is 2.20 bits per heavy atom. The van der Waals surface area contributed by atoms with Gasteiger partial charge in [-0.2, -0.15) is 0 Å². The van der Waals surface area contributed by atoms with Crippen LogP contribution in [0, 0.1) is 5.92 Å². The molecule has 0 aliphatic rings. The van der Waals surface area contributed by atoms with Crippen LogP contribution in [0.3, 0.4) is 0 Å². The molecule has 2 atom stereocenters. The molecule has 0 aliphatic heterocycles. The Hall–Kier alpha value is -1.09. The largest absolute Gasteiger partial charge is 0.315 e. The van der Waals surface area contributed by atoms with E-state index in [2.05, 4.69) is 19.2 Å². The molecule has 1 aromatic rings. The molecule has 0 radical (unpaired) electrons. The van der Waals surface area contributed by atoms with Gasteiger partial charge in [-0.05, 0) is 19.0 Å². The van der Waals surface area contributed by atoms with Gasteiger partial charge < -0.3 is 9.88 Å². The molecule has 0 saturated heterocycles. The summed E-state index contributed by atoms with van der Waals surface area (Å²) in [6.45, 7) is 5.11. The average molecular weight is 208 g/mol. The molecule has 0 aliphatic carbocycles. The molecule has 3 heteroatoms. The lowest BCUT2D eigenvalue weighted by Crippen LogP contribution is -2.38. The minimum absolute atomic E-state index is 0.0704. The lowest BCUT2D eigenvalue weighted by Gasteiger charge is -2.23. The molecule has 2 unspecified atom stereocenters. The average Bonchev–Trinajstić information content (AvgIpc) is 2.27. The highest BCUT2D eigenvalue weighted by atomic mass is 16.1. The first-order valence-electron chi connectivity index (χ1n) is 5.51. The summed E-state index contributed by atoms with van der Waals surface area (Å²) < 4.78 is 1.76. The van der Waals surface area contributed by atoms with Gasteiger partial charge in [0.15, 0.2) is 0 Å². The van der Waals surface area contributed by atoms with Gasteiger partial charge >= 0.3 is 0 Å². The van der Waals surface area contributed by atoms with Crippen LogP contribution in [0.2, 0.25) is 0 Å². The third kappa shape index (κ3) is 3.20. The van der Waals surface area contributed by atoms with Crippen LogP contribution in [0.25, 0.3) is 0 Å². The summed E-state index contributed by atoms with van der Waals surface area (Å²) in [5, 5.41) is 3.27. The minimum Gasteiger partial charge on any atom is -0.315 e. The Morgan fingerprint density at radius 1 is 1.47 bits per heavy atom. The zero-order chi connectivity index (χ0) is 11.3. The number of rotatable bonds is 5. The van der Waals surface area contributed by atoms with Crippen molar-refractivity contribution >= 4 is 0 Å². The molecule has 0 amide bonds. The Labute approximate surface area is 91.1 Å². The van der Waals surface area contributed by atoms with Crippen LogP contribution >= 0.6 is 0 Å². The molecule has 1 rings (SSSR count). The number of nitrogens with one attached hydrogen (secondary N) is 1. The highest BCUT2D eigenvalue weighted by Gasteiger charge is 2.14. The van der Waals surface area contributed by atoms with E-state index in [1.165, 1.54) is 0 Å². The van der Waals surface area contributed by atoms with Gasteiger partial charge in [0.1, 0.15) is 0 Å². The van der Waals surface area contributed by atoms with E-state index in [1.54, 1.807) is 16.7 Å². The predicted molar refractivity (Wildman–Crippen MR) is 63.0 cm³/mol. The second kappa shape index (κ2) is 5.71. The third-order valence-electron chi connectivity index (χ3n) is 2.99. The summed E-state index contributed by atoms with van der Waals surface area (Å²) in [6, 6.07) is 5.62. The fourth-order valence-corrected chi connectivity index (χ4v) is 1.66. The normalized spacial score (nSPS) is 14.9. The van der Waals surface area contributed by atoms with E-state index in [0.29, 0.717) is 12.0 Å². The maximum Gasteiger partial charge on any atom is 0.250 e. The summed E-state index contributed by atoms with van der Waals surface area (Å²) in [5.41, 5.74) is 0.0704. The topological polar surface area (TPSA) is 34.0 Å². The lowest BCUT2D eigenvalue weighted by molar-refractivity contribution is 0.344. The van der Waals surface area contributed by atoms with Crippen molar-refractivity contribution in [3.63, 3.8) is 0 Å². The molecule has 84 valence electrons. The van der Waals surface area contributed by atoms with Crippen molar-refractivity contribution in [1.29, 1.82) is 0 Å². The van der Waals surface area contributed by atoms with Gasteiger partial charge in [-0.15, -0.1) is 0 Å². The summed E-state index contributed by atoms with van der Waals surface area (Å²) in [5.74, 6) is 0.571. The smallest absolute Gasteiger partial charge is 0.250 e. The van der Waals surface area contributed by atoms with Crippen molar-refractivity contribution in [2.75, 3.05) is 7.05 Å². The van der Waals surface area contributed by atoms with Gasteiger partial charge in [0.2, 0.25) is 0 Å². The predicted octanol–water partition coefficient (Wildman–Crippen LogP) is 1.48. The molecule has 3 nitrogen and oxygen atoms in total. The van der Waals surface area contributed by atoms with Crippen LogP contribution in [0.5, 0.6) is 0 Å². The summed E-state index contributed by atoms with van der Waals surface area (Å²) >= 11 is 0. The molecule has 0 saturated carbocycles. The van der Waals surface area contributed by atoms with E-state index < -0.39 is 0 Å². The van der Waals surface area contributed by atoms with Gasteiger partial charge in [-0.3, -0.25) is 4.79 Å². The zero-order valence-electron chi connectivity index (χ0n) is 9.73. The van der Waals surface area contributed by atoms with Crippen molar-refractivity contribution < 1.29 is 0 Å². The molecule has 0 fully saturated rings. The van der Waals surface area contributed by atoms with Crippen LogP contribution in [0.1, 0.15) is 20.3 Å². The standard InChI is InChI=1S/C12H20N2O/c1-4-10(2)11(13-3)9-14-8-6-5-7-12(14)15/h5-8,10-11,13H,4,9H2,1-3H3. The Morgan fingerprint density at radius 3 is 2.73 bits per heavy atom. The van der Waals surface area contributed by atoms with Gasteiger partial charge in [-0.25, -0.2) is 0 Å². The van der Waals surface area contributed by atoms with Crippen LogP contribution in [-0.4, -0.2) is 17.7 Å². The summed E-state index contributed by atoms with van der Waals surface area (Å²) in [7, 11) is 1.95. The molecule has 15 heavy (non-hydrogen) atoms. The Balaban J connectivity index is 2.75. The van der Waals surface area contributed by atoms with E-state index in [4.69, 9.17) is 0 Å². The van der Waals surface area contributed by atoms with E-state index in [0.717, 1.165) is 13.0 Å². The molecule has 1 N–H and O–H groups in total. The van der Waals surface area contributed by atoms with Crippen LogP contribution in [0.15, 0.2) is 29.2 Å². The number of nitrogens with zero attached hydrogens (tertiary/aromatic N) is 1. The quantitative estimate of drug-likeness (QED) is 0.795. The van der Waals surface area contributed by atoms with E-state index in [-0.39, 0.29) is 5.56 Å². The Kier molecular flexibility index (Phi) is 4.56. The van der Waals surface area contributed by atoms with Crippen molar-refractivity contribution in [2.24, 2.45) is 5.92 Å². The molecular formula is C12H20N2O. The summed E-state index contributed by atoms with van der Waals surface area (Å²) in [6.07, 6.45) is 2.96. The zero-order valence-corrected chi connectivity index (χ0v) is 9.73. The van der Waals surface area contributed by atoms with Gasteiger partial charge in [0, 0.05) is 24.8 Å². The van der Waals surface area contributed by atoms with Crippen molar-refractivity contribution in [3.05, 3.63) is 34.7 Å². The second-order valence-electron chi connectivity index (χ2n) is 3.97. The second-order valence-corrected chi connectivity index (χ2v) is 3.97. The Bertz CT molecular complexity index is 345. The first kappa shape index (κ1) is 12.0. The maximum absolute atomic E-state index is 11.5. The fraction of sp³-hybridized carbons (Fsp3) is 0.583. The van der Waals surface area contributed by atoms with E-state index in [9.17, 15) is 4.79 Å². The van der Waals surface area contributed by atoms with Gasteiger partial charge in [0.05, 0.1) is 0 Å². The molecule has 0 bridgehead atoms. The third-order valence-corrected chi connectivity index (χ3v) is 2.99. The van der Waals surface area contributed by atoms with Crippen LogP contribution in [0.4, 0.5) is 0 Å². The number of hydrogen-bond acceptors (Lipinski definition) is 2. The van der Waals surface area contributed by atoms with Crippen molar-refractivity contribution in [3.8, 4) is 0 Å². The molecule has 1 heterocycles. The van der Waals surface area contributed by atoms with Gasteiger partial charge in [-0.1, -0.05) is 26.3 Å². The monoisotopic (exact) mass is 208 g/mol. The highest BCUT2D eigenvalue weighted by molar-refractivity contribution is 4.94. The fourth-order valence-electron chi connectivity index (χ4n) is 1.66. The SMILES string of the molecule is CCC(C)C(Cn1ccccc1=O)NC. The minimum atomic E-state index is 0.0704. The first-order valence-corrected chi connectivity index (χ1v) is 5.51. The number of aromatic nitrogens is 1. The first-order chi connectivity index (χ1) is 7.19. The van der Waals surface area contributed by atoms with Crippen LogP contribution < -0.4 is 10.9 Å². The molecule has 0 spiro atoms. The highest BCUT2D eigenvalue weighted by Crippen LogP contribution is 2.08. The number of hydrogen-bond donors (Lipinski definition) is 1. The number of pyridine rings is 1. The lowest BCUT2D eigenvalue weighted by atomic mass is 9.99. The maximum atomic E-state index is 11.5. The summed E-state index contributed by atoms with van der Waals surface area (Å²) in [4.78, 5) is 11.5. The van der Waals surface area contributed by atoms with Crippen molar-refractivity contribution in [1.82, 2.24) is 9.88 Å².